The Morgan fingerprint density at radius 1 is 1.92 bits per heavy atom. The molecule has 2 N–H and O–H groups in total. The summed E-state index contributed by atoms with van der Waals surface area (Å²) in [5, 5.41) is 15.0. The van der Waals surface area contributed by atoms with E-state index in [0.29, 0.717) is 5.16 Å². The summed E-state index contributed by atoms with van der Waals surface area (Å²) in [4.78, 5) is 13.9. The second-order valence-electron chi connectivity index (χ2n) is 1.94. The van der Waals surface area contributed by atoms with Crippen LogP contribution in [0.5, 0.6) is 0 Å². The van der Waals surface area contributed by atoms with Gasteiger partial charge >= 0.3 is 6.09 Å². The molecule has 0 aromatic carbocycles. The molecule has 0 aliphatic carbocycles. The summed E-state index contributed by atoms with van der Waals surface area (Å²) >= 11 is 1.28. The van der Waals surface area contributed by atoms with E-state index in [2.05, 4.69) is 15.4 Å². The Kier molecular flexibility index (Phi) is 2.92. The molecular formula is C5H8N4O2S. The van der Waals surface area contributed by atoms with Gasteiger partial charge in [-0.3, -0.25) is 0 Å². The van der Waals surface area contributed by atoms with Gasteiger partial charge in [-0.2, -0.15) is 5.10 Å². The van der Waals surface area contributed by atoms with Crippen molar-refractivity contribution in [2.75, 3.05) is 5.88 Å². The van der Waals surface area contributed by atoms with Gasteiger partial charge in [0.25, 0.3) is 0 Å². The van der Waals surface area contributed by atoms with Gasteiger partial charge in [0.2, 0.25) is 0 Å². The first-order valence-corrected chi connectivity index (χ1v) is 4.12. The van der Waals surface area contributed by atoms with Gasteiger partial charge in [0.05, 0.1) is 5.88 Å². The van der Waals surface area contributed by atoms with E-state index in [4.69, 9.17) is 5.11 Å². The molecule has 0 fully saturated rings. The van der Waals surface area contributed by atoms with Crippen molar-refractivity contribution in [2.45, 2.75) is 5.16 Å². The van der Waals surface area contributed by atoms with Crippen molar-refractivity contribution in [1.82, 2.24) is 20.1 Å². The monoisotopic (exact) mass is 188 g/mol. The molecule has 0 spiro atoms. The molecule has 1 amide bonds. The van der Waals surface area contributed by atoms with Crippen molar-refractivity contribution in [3.05, 3.63) is 6.33 Å². The van der Waals surface area contributed by atoms with Crippen molar-refractivity contribution >= 4 is 17.9 Å². The number of nitrogens with zero attached hydrogens (tertiary/aromatic N) is 3. The van der Waals surface area contributed by atoms with Gasteiger partial charge in [0.15, 0.2) is 5.16 Å². The average Bonchev–Trinajstić information content (AvgIpc) is 2.36. The second kappa shape index (κ2) is 3.96. The van der Waals surface area contributed by atoms with E-state index in [1.165, 1.54) is 18.1 Å². The van der Waals surface area contributed by atoms with E-state index in [1.54, 1.807) is 11.7 Å². The first kappa shape index (κ1) is 8.85. The van der Waals surface area contributed by atoms with Gasteiger partial charge in [-0.1, -0.05) is 11.8 Å². The fourth-order valence-corrected chi connectivity index (χ4v) is 1.26. The smallest absolute Gasteiger partial charge is 0.405 e. The number of hydrogen-bond donors (Lipinski definition) is 2. The zero-order chi connectivity index (χ0) is 8.97. The van der Waals surface area contributed by atoms with Crippen LogP contribution in [0.1, 0.15) is 0 Å². The number of aryl methyl sites for hydroxylation is 1. The summed E-state index contributed by atoms with van der Waals surface area (Å²) in [7, 11) is 1.75. The topological polar surface area (TPSA) is 80.0 Å². The summed E-state index contributed by atoms with van der Waals surface area (Å²) in [5.41, 5.74) is 0. The number of carboxylic acid groups (broad SMARTS) is 1. The van der Waals surface area contributed by atoms with Crippen LogP contribution in [0, 0.1) is 0 Å². The fraction of sp³-hybridized carbons (Fsp3) is 0.400. The first-order valence-electron chi connectivity index (χ1n) is 3.13. The highest BCUT2D eigenvalue weighted by molar-refractivity contribution is 7.99. The van der Waals surface area contributed by atoms with E-state index >= 15 is 0 Å². The number of amides is 1. The van der Waals surface area contributed by atoms with Crippen molar-refractivity contribution in [2.24, 2.45) is 7.05 Å². The Balaban J connectivity index is 2.33. The normalized spacial score (nSPS) is 9.75. The number of aromatic nitrogens is 3. The van der Waals surface area contributed by atoms with Crippen LogP contribution in [-0.2, 0) is 7.05 Å². The van der Waals surface area contributed by atoms with Gasteiger partial charge in [-0.05, 0) is 0 Å². The Labute approximate surface area is 73.0 Å². The third-order valence-electron chi connectivity index (χ3n) is 1.09. The molecule has 7 heteroatoms. The van der Waals surface area contributed by atoms with Crippen LogP contribution in [0.15, 0.2) is 11.5 Å². The number of carbonyl (C=O) groups is 1. The van der Waals surface area contributed by atoms with Crippen LogP contribution >= 0.6 is 11.8 Å². The minimum absolute atomic E-state index is 0.280. The molecule has 1 rings (SSSR count). The Hall–Kier alpha value is -1.24. The van der Waals surface area contributed by atoms with E-state index < -0.39 is 6.09 Å². The molecule has 6 nitrogen and oxygen atoms in total. The number of hydrogen-bond acceptors (Lipinski definition) is 4. The van der Waals surface area contributed by atoms with Gasteiger partial charge in [-0.25, -0.2) is 14.5 Å². The lowest BCUT2D eigenvalue weighted by molar-refractivity contribution is 0.196. The highest BCUT2D eigenvalue weighted by atomic mass is 32.2. The molecule has 1 aromatic heterocycles. The molecule has 0 saturated carbocycles. The lowest BCUT2D eigenvalue weighted by atomic mass is 11.1. The lowest BCUT2D eigenvalue weighted by Gasteiger charge is -1.98. The van der Waals surface area contributed by atoms with Crippen LogP contribution in [-0.4, -0.2) is 31.8 Å². The highest BCUT2D eigenvalue weighted by Crippen LogP contribution is 2.10. The van der Waals surface area contributed by atoms with Crippen LogP contribution in [0.2, 0.25) is 0 Å². The molecule has 1 heterocycles. The van der Waals surface area contributed by atoms with Crippen molar-refractivity contribution < 1.29 is 9.90 Å². The lowest BCUT2D eigenvalue weighted by Crippen LogP contribution is -2.20. The van der Waals surface area contributed by atoms with Gasteiger partial charge in [0.1, 0.15) is 6.33 Å². The molecule has 0 unspecified atom stereocenters. The minimum Gasteiger partial charge on any atom is -0.465 e. The van der Waals surface area contributed by atoms with Crippen molar-refractivity contribution in [1.29, 1.82) is 0 Å². The van der Waals surface area contributed by atoms with Gasteiger partial charge < -0.3 is 10.4 Å². The molecule has 0 atom stereocenters. The summed E-state index contributed by atoms with van der Waals surface area (Å²) in [6, 6.07) is 0. The third kappa shape index (κ3) is 2.42. The minimum atomic E-state index is -1.04. The Morgan fingerprint density at radius 2 is 2.67 bits per heavy atom. The maximum Gasteiger partial charge on any atom is 0.405 e. The summed E-state index contributed by atoms with van der Waals surface area (Å²) in [6.07, 6.45) is 0.382. The Bertz CT molecular complexity index is 274. The van der Waals surface area contributed by atoms with Crippen LogP contribution in [0.4, 0.5) is 4.79 Å². The standard InChI is InChI=1S/C5H8N4O2S/c1-9-4(6-2-8-9)12-3-7-5(10)11/h2,7H,3H2,1H3,(H,10,11). The van der Waals surface area contributed by atoms with E-state index in [1.807, 2.05) is 0 Å². The number of rotatable bonds is 3. The Morgan fingerprint density at radius 3 is 3.17 bits per heavy atom. The highest BCUT2D eigenvalue weighted by Gasteiger charge is 2.00. The van der Waals surface area contributed by atoms with E-state index in [9.17, 15) is 4.79 Å². The van der Waals surface area contributed by atoms with Crippen molar-refractivity contribution in [3.63, 3.8) is 0 Å². The number of thioether (sulfide) groups is 1. The summed E-state index contributed by atoms with van der Waals surface area (Å²) < 4.78 is 1.58. The largest absolute Gasteiger partial charge is 0.465 e. The molecule has 66 valence electrons. The van der Waals surface area contributed by atoms with Crippen LogP contribution in [0.25, 0.3) is 0 Å². The zero-order valence-corrected chi connectivity index (χ0v) is 7.21. The van der Waals surface area contributed by atoms with Crippen molar-refractivity contribution in [3.8, 4) is 0 Å². The van der Waals surface area contributed by atoms with E-state index in [0.717, 1.165) is 0 Å². The van der Waals surface area contributed by atoms with Gasteiger partial charge in [0, 0.05) is 7.05 Å². The quantitative estimate of drug-likeness (QED) is 0.520. The molecule has 0 aliphatic heterocycles. The molecule has 0 aliphatic rings. The summed E-state index contributed by atoms with van der Waals surface area (Å²) in [5.74, 6) is 0.280. The fourth-order valence-electron chi connectivity index (χ4n) is 0.579. The second-order valence-corrected chi connectivity index (χ2v) is 2.88. The van der Waals surface area contributed by atoms with Crippen LogP contribution in [0.3, 0.4) is 0 Å². The molecule has 0 radical (unpaired) electrons. The average molecular weight is 188 g/mol. The molecule has 12 heavy (non-hydrogen) atoms. The first-order chi connectivity index (χ1) is 5.70. The molecule has 1 aromatic rings. The SMILES string of the molecule is Cn1ncnc1SCNC(=O)O. The maximum absolute atomic E-state index is 10.0. The molecule has 0 saturated heterocycles. The molecular weight excluding hydrogens is 180 g/mol. The van der Waals surface area contributed by atoms with Crippen LogP contribution < -0.4 is 5.32 Å². The zero-order valence-electron chi connectivity index (χ0n) is 6.39. The maximum atomic E-state index is 10.0. The summed E-state index contributed by atoms with van der Waals surface area (Å²) in [6.45, 7) is 0. The third-order valence-corrected chi connectivity index (χ3v) is 2.01. The predicted molar refractivity (Wildman–Crippen MR) is 42.9 cm³/mol. The van der Waals surface area contributed by atoms with E-state index in [-0.39, 0.29) is 5.88 Å². The van der Waals surface area contributed by atoms with Gasteiger partial charge in [-0.15, -0.1) is 0 Å². The number of nitrogens with one attached hydrogen (secondary N) is 1. The predicted octanol–water partition coefficient (Wildman–Crippen LogP) is 0.132. The molecule has 0 bridgehead atoms.